The number of halogens is 1. The SMILES string of the molecule is CCCOc1ccc(/C=C2\SC(=O)N(CC(=O)Nc3ccc(C)cc3)C2=O)cc1Br. The molecule has 0 saturated carbocycles. The van der Waals surface area contributed by atoms with Crippen molar-refractivity contribution >= 4 is 56.5 Å². The summed E-state index contributed by atoms with van der Waals surface area (Å²) in [7, 11) is 0. The summed E-state index contributed by atoms with van der Waals surface area (Å²) in [5.41, 5.74) is 2.43. The molecular weight excluding hydrogens is 468 g/mol. The van der Waals surface area contributed by atoms with E-state index in [0.717, 1.165) is 44.4 Å². The molecule has 3 rings (SSSR count). The van der Waals surface area contributed by atoms with Gasteiger partial charge in [-0.05, 0) is 76.9 Å². The van der Waals surface area contributed by atoms with Crippen LogP contribution in [0.1, 0.15) is 24.5 Å². The maximum atomic E-state index is 12.6. The zero-order valence-corrected chi connectivity index (χ0v) is 19.0. The van der Waals surface area contributed by atoms with Gasteiger partial charge in [0.2, 0.25) is 5.91 Å². The standard InChI is InChI=1S/C22H21BrN2O4S/c1-3-10-29-18-9-6-15(11-17(18)23)12-19-21(27)25(22(28)30-19)13-20(26)24-16-7-4-14(2)5-8-16/h4-9,11-12H,3,10,13H2,1-2H3,(H,24,26)/b19-12-. The van der Waals surface area contributed by atoms with Crippen molar-refractivity contribution in [1.82, 2.24) is 4.90 Å². The average molecular weight is 489 g/mol. The summed E-state index contributed by atoms with van der Waals surface area (Å²) in [5, 5.41) is 2.23. The summed E-state index contributed by atoms with van der Waals surface area (Å²) < 4.78 is 6.38. The van der Waals surface area contributed by atoms with Crippen LogP contribution in [0, 0.1) is 6.92 Å². The van der Waals surface area contributed by atoms with E-state index in [1.807, 2.05) is 44.2 Å². The van der Waals surface area contributed by atoms with E-state index in [1.54, 1.807) is 18.2 Å². The second-order valence-corrected chi connectivity index (χ2v) is 8.57. The van der Waals surface area contributed by atoms with E-state index in [4.69, 9.17) is 4.74 Å². The Hall–Kier alpha value is -2.58. The van der Waals surface area contributed by atoms with Gasteiger partial charge in [0.25, 0.3) is 11.1 Å². The summed E-state index contributed by atoms with van der Waals surface area (Å²) in [6, 6.07) is 12.7. The Morgan fingerprint density at radius 2 is 1.93 bits per heavy atom. The highest BCUT2D eigenvalue weighted by Crippen LogP contribution is 2.33. The van der Waals surface area contributed by atoms with E-state index in [9.17, 15) is 14.4 Å². The fourth-order valence-corrected chi connectivity index (χ4v) is 4.05. The number of rotatable bonds is 7. The minimum Gasteiger partial charge on any atom is -0.492 e. The fourth-order valence-electron chi connectivity index (χ4n) is 2.70. The van der Waals surface area contributed by atoms with Gasteiger partial charge in [-0.1, -0.05) is 30.7 Å². The molecule has 30 heavy (non-hydrogen) atoms. The monoisotopic (exact) mass is 488 g/mol. The Morgan fingerprint density at radius 3 is 2.60 bits per heavy atom. The quantitative estimate of drug-likeness (QED) is 0.540. The topological polar surface area (TPSA) is 75.7 Å². The number of thioether (sulfide) groups is 1. The summed E-state index contributed by atoms with van der Waals surface area (Å²) in [4.78, 5) is 38.4. The molecule has 8 heteroatoms. The number of hydrogen-bond acceptors (Lipinski definition) is 5. The molecule has 1 saturated heterocycles. The zero-order chi connectivity index (χ0) is 21.7. The summed E-state index contributed by atoms with van der Waals surface area (Å²) in [5.74, 6) is -0.191. The first kappa shape index (κ1) is 22.1. The Labute approximate surface area is 187 Å². The lowest BCUT2D eigenvalue weighted by Crippen LogP contribution is -2.36. The van der Waals surface area contributed by atoms with E-state index in [-0.39, 0.29) is 11.4 Å². The smallest absolute Gasteiger partial charge is 0.294 e. The molecule has 1 fully saturated rings. The molecule has 1 N–H and O–H groups in total. The molecule has 1 aliphatic rings. The van der Waals surface area contributed by atoms with Crippen LogP contribution in [0.4, 0.5) is 10.5 Å². The van der Waals surface area contributed by atoms with Gasteiger partial charge in [-0.15, -0.1) is 0 Å². The molecule has 1 heterocycles. The number of carbonyl (C=O) groups excluding carboxylic acids is 3. The van der Waals surface area contributed by atoms with Gasteiger partial charge >= 0.3 is 0 Å². The second-order valence-electron chi connectivity index (χ2n) is 6.72. The predicted octanol–water partition coefficient (Wildman–Crippen LogP) is 5.22. The third-order valence-electron chi connectivity index (χ3n) is 4.23. The number of ether oxygens (including phenoxy) is 1. The van der Waals surface area contributed by atoms with Gasteiger partial charge in [-0.3, -0.25) is 19.3 Å². The molecule has 0 aromatic heterocycles. The Kier molecular flexibility index (Phi) is 7.33. The molecule has 2 aromatic carbocycles. The number of amides is 3. The van der Waals surface area contributed by atoms with Crippen LogP contribution < -0.4 is 10.1 Å². The van der Waals surface area contributed by atoms with Crippen molar-refractivity contribution in [3.8, 4) is 5.75 Å². The zero-order valence-electron chi connectivity index (χ0n) is 16.6. The number of nitrogens with one attached hydrogen (secondary N) is 1. The molecular formula is C22H21BrN2O4S. The highest BCUT2D eigenvalue weighted by molar-refractivity contribution is 9.10. The van der Waals surface area contributed by atoms with Crippen LogP contribution >= 0.6 is 27.7 Å². The van der Waals surface area contributed by atoms with Crippen molar-refractivity contribution in [2.45, 2.75) is 20.3 Å². The van der Waals surface area contributed by atoms with Crippen LogP contribution in [-0.4, -0.2) is 35.1 Å². The van der Waals surface area contributed by atoms with Crippen LogP contribution in [0.5, 0.6) is 5.75 Å². The lowest BCUT2D eigenvalue weighted by atomic mass is 10.2. The minimum absolute atomic E-state index is 0.275. The Balaban J connectivity index is 1.67. The normalized spacial score (nSPS) is 15.0. The van der Waals surface area contributed by atoms with Crippen LogP contribution in [0.25, 0.3) is 6.08 Å². The molecule has 2 aromatic rings. The van der Waals surface area contributed by atoms with Crippen LogP contribution in [0.2, 0.25) is 0 Å². The summed E-state index contributed by atoms with van der Waals surface area (Å²) in [6.07, 6.45) is 2.54. The number of aryl methyl sites for hydroxylation is 1. The van der Waals surface area contributed by atoms with Gasteiger partial charge < -0.3 is 10.1 Å². The lowest BCUT2D eigenvalue weighted by molar-refractivity contribution is -0.127. The van der Waals surface area contributed by atoms with Crippen molar-refractivity contribution in [1.29, 1.82) is 0 Å². The van der Waals surface area contributed by atoms with Gasteiger partial charge in [0, 0.05) is 5.69 Å². The predicted molar refractivity (Wildman–Crippen MR) is 122 cm³/mol. The molecule has 0 aliphatic carbocycles. The number of benzene rings is 2. The highest BCUT2D eigenvalue weighted by atomic mass is 79.9. The Bertz CT molecular complexity index is 1000. The third-order valence-corrected chi connectivity index (χ3v) is 5.75. The molecule has 0 spiro atoms. The van der Waals surface area contributed by atoms with E-state index in [0.29, 0.717) is 12.3 Å². The number of imide groups is 1. The first-order valence-electron chi connectivity index (χ1n) is 9.41. The van der Waals surface area contributed by atoms with Crippen LogP contribution in [0.15, 0.2) is 51.8 Å². The van der Waals surface area contributed by atoms with E-state index < -0.39 is 17.1 Å². The second kappa shape index (κ2) is 9.95. The first-order valence-corrected chi connectivity index (χ1v) is 11.0. The number of carbonyl (C=O) groups is 3. The van der Waals surface area contributed by atoms with Gasteiger partial charge in [0.05, 0.1) is 16.0 Å². The van der Waals surface area contributed by atoms with Gasteiger partial charge in [-0.25, -0.2) is 0 Å². The lowest BCUT2D eigenvalue weighted by Gasteiger charge is -2.12. The van der Waals surface area contributed by atoms with Crippen LogP contribution in [-0.2, 0) is 9.59 Å². The van der Waals surface area contributed by atoms with Gasteiger partial charge in [0.15, 0.2) is 0 Å². The number of nitrogens with zero attached hydrogens (tertiary/aromatic N) is 1. The first-order chi connectivity index (χ1) is 14.4. The molecule has 0 radical (unpaired) electrons. The molecule has 3 amide bonds. The fraction of sp³-hybridized carbons (Fsp3) is 0.227. The molecule has 1 aliphatic heterocycles. The molecule has 156 valence electrons. The average Bonchev–Trinajstić information content (AvgIpc) is 2.96. The number of anilines is 1. The third kappa shape index (κ3) is 5.52. The highest BCUT2D eigenvalue weighted by Gasteiger charge is 2.36. The van der Waals surface area contributed by atoms with Gasteiger partial charge in [0.1, 0.15) is 12.3 Å². The molecule has 6 nitrogen and oxygen atoms in total. The van der Waals surface area contributed by atoms with E-state index in [2.05, 4.69) is 21.2 Å². The maximum absolute atomic E-state index is 12.6. The van der Waals surface area contributed by atoms with Gasteiger partial charge in [-0.2, -0.15) is 0 Å². The van der Waals surface area contributed by atoms with Crippen LogP contribution in [0.3, 0.4) is 0 Å². The van der Waals surface area contributed by atoms with Crippen molar-refractivity contribution in [3.63, 3.8) is 0 Å². The largest absolute Gasteiger partial charge is 0.492 e. The number of hydrogen-bond donors (Lipinski definition) is 1. The van der Waals surface area contributed by atoms with Crippen molar-refractivity contribution in [2.75, 3.05) is 18.5 Å². The summed E-state index contributed by atoms with van der Waals surface area (Å²) in [6.45, 7) is 4.26. The molecule has 0 atom stereocenters. The maximum Gasteiger partial charge on any atom is 0.294 e. The van der Waals surface area contributed by atoms with E-state index in [1.165, 1.54) is 0 Å². The summed E-state index contributed by atoms with van der Waals surface area (Å²) >= 11 is 4.28. The Morgan fingerprint density at radius 1 is 1.20 bits per heavy atom. The molecule has 0 unspecified atom stereocenters. The van der Waals surface area contributed by atoms with E-state index >= 15 is 0 Å². The van der Waals surface area contributed by atoms with Crippen molar-refractivity contribution in [2.24, 2.45) is 0 Å². The molecule has 0 bridgehead atoms. The minimum atomic E-state index is -0.480. The van der Waals surface area contributed by atoms with Crippen molar-refractivity contribution in [3.05, 3.63) is 63.0 Å². The van der Waals surface area contributed by atoms with Crippen molar-refractivity contribution < 1.29 is 19.1 Å².